The number of carbonyl (C=O) groups is 1. The summed E-state index contributed by atoms with van der Waals surface area (Å²) in [4.78, 5) is 32.7. The highest BCUT2D eigenvalue weighted by Crippen LogP contribution is 2.34. The van der Waals surface area contributed by atoms with E-state index in [0.717, 1.165) is 21.4 Å². The smallest absolute Gasteiger partial charge is 0.263 e. The second-order valence-corrected chi connectivity index (χ2v) is 8.34. The van der Waals surface area contributed by atoms with Crippen LogP contribution in [0.5, 0.6) is 5.75 Å². The van der Waals surface area contributed by atoms with Crippen LogP contribution in [0.15, 0.2) is 46.8 Å². The average molecular weight is 414 g/mol. The Balaban J connectivity index is 1.71. The number of fused-ring (bicyclic) bond motifs is 1. The average Bonchev–Trinajstić information content (AvgIpc) is 3.30. The highest BCUT2D eigenvalue weighted by atomic mass is 32.1. The largest absolute Gasteiger partial charge is 0.494 e. The van der Waals surface area contributed by atoms with E-state index in [1.807, 2.05) is 24.4 Å². The SMILES string of the molecule is COc1ccc(C(=O)Cn2cnc3scc(-c4ccc(C)s4)c3c2=O)cc1F. The first-order chi connectivity index (χ1) is 13.5. The van der Waals surface area contributed by atoms with Gasteiger partial charge < -0.3 is 4.74 Å². The number of halogens is 1. The van der Waals surface area contributed by atoms with Gasteiger partial charge in [0.1, 0.15) is 4.83 Å². The van der Waals surface area contributed by atoms with Crippen LogP contribution in [-0.2, 0) is 6.54 Å². The van der Waals surface area contributed by atoms with E-state index in [9.17, 15) is 14.0 Å². The van der Waals surface area contributed by atoms with Crippen LogP contribution in [0.4, 0.5) is 4.39 Å². The summed E-state index contributed by atoms with van der Waals surface area (Å²) in [6, 6.07) is 7.96. The first-order valence-corrected chi connectivity index (χ1v) is 10.1. The number of ether oxygens (including phenoxy) is 1. The van der Waals surface area contributed by atoms with Crippen LogP contribution in [0.25, 0.3) is 20.7 Å². The normalized spacial score (nSPS) is 11.1. The third-order valence-corrected chi connectivity index (χ3v) is 6.27. The van der Waals surface area contributed by atoms with E-state index >= 15 is 0 Å². The number of benzene rings is 1. The van der Waals surface area contributed by atoms with E-state index in [1.165, 1.54) is 41.5 Å². The van der Waals surface area contributed by atoms with Gasteiger partial charge in [-0.2, -0.15) is 0 Å². The van der Waals surface area contributed by atoms with E-state index in [1.54, 1.807) is 11.3 Å². The van der Waals surface area contributed by atoms with Crippen LogP contribution < -0.4 is 10.3 Å². The number of nitrogens with zero attached hydrogens (tertiary/aromatic N) is 2. The molecule has 0 fully saturated rings. The van der Waals surface area contributed by atoms with Crippen molar-refractivity contribution in [1.82, 2.24) is 9.55 Å². The molecule has 0 amide bonds. The van der Waals surface area contributed by atoms with Crippen LogP contribution in [0.1, 0.15) is 15.2 Å². The van der Waals surface area contributed by atoms with Crippen molar-refractivity contribution in [2.75, 3.05) is 7.11 Å². The molecule has 28 heavy (non-hydrogen) atoms. The Kier molecular flexibility index (Phi) is 4.82. The van der Waals surface area contributed by atoms with Crippen molar-refractivity contribution in [2.45, 2.75) is 13.5 Å². The number of ketones is 1. The van der Waals surface area contributed by atoms with E-state index in [4.69, 9.17) is 4.74 Å². The van der Waals surface area contributed by atoms with Gasteiger partial charge in [0.05, 0.1) is 25.4 Å². The maximum atomic E-state index is 13.9. The Morgan fingerprint density at radius 2 is 2.11 bits per heavy atom. The molecule has 0 atom stereocenters. The van der Waals surface area contributed by atoms with Gasteiger partial charge in [-0.05, 0) is 37.3 Å². The van der Waals surface area contributed by atoms with E-state index < -0.39 is 5.82 Å². The Labute approximate surface area is 167 Å². The number of aryl methyl sites for hydroxylation is 1. The maximum absolute atomic E-state index is 13.9. The van der Waals surface area contributed by atoms with Crippen molar-refractivity contribution in [3.8, 4) is 16.2 Å². The molecule has 0 unspecified atom stereocenters. The highest BCUT2D eigenvalue weighted by Gasteiger charge is 2.17. The van der Waals surface area contributed by atoms with Crippen LogP contribution in [-0.4, -0.2) is 22.4 Å². The van der Waals surface area contributed by atoms with Crippen molar-refractivity contribution < 1.29 is 13.9 Å². The molecular formula is C20H15FN2O3S2. The van der Waals surface area contributed by atoms with Gasteiger partial charge in [-0.1, -0.05) is 0 Å². The van der Waals surface area contributed by atoms with Crippen LogP contribution in [0.2, 0.25) is 0 Å². The summed E-state index contributed by atoms with van der Waals surface area (Å²) in [6.45, 7) is 1.79. The van der Waals surface area contributed by atoms with Gasteiger partial charge in [-0.25, -0.2) is 9.37 Å². The molecular weight excluding hydrogens is 399 g/mol. The Morgan fingerprint density at radius 1 is 1.29 bits per heavy atom. The molecule has 4 rings (SSSR count). The summed E-state index contributed by atoms with van der Waals surface area (Å²) in [5, 5.41) is 2.41. The number of hydrogen-bond donors (Lipinski definition) is 0. The zero-order valence-corrected chi connectivity index (χ0v) is 16.7. The lowest BCUT2D eigenvalue weighted by Crippen LogP contribution is -2.24. The minimum Gasteiger partial charge on any atom is -0.494 e. The lowest BCUT2D eigenvalue weighted by Gasteiger charge is -2.07. The van der Waals surface area contributed by atoms with E-state index in [2.05, 4.69) is 4.98 Å². The van der Waals surface area contributed by atoms with Crippen molar-refractivity contribution >= 4 is 38.7 Å². The molecule has 0 aliphatic rings. The predicted molar refractivity (Wildman–Crippen MR) is 109 cm³/mol. The molecule has 0 spiro atoms. The molecule has 0 saturated carbocycles. The Hall–Kier alpha value is -2.84. The molecule has 5 nitrogen and oxygen atoms in total. The number of Topliss-reactive ketones (excluding diaryl/α,β-unsaturated/α-hetero) is 1. The van der Waals surface area contributed by atoms with E-state index in [-0.39, 0.29) is 29.2 Å². The van der Waals surface area contributed by atoms with Gasteiger partial charge in [0, 0.05) is 26.3 Å². The quantitative estimate of drug-likeness (QED) is 0.450. The Bertz CT molecular complexity index is 1260. The van der Waals surface area contributed by atoms with Gasteiger partial charge >= 0.3 is 0 Å². The molecule has 0 N–H and O–H groups in total. The molecule has 3 aromatic heterocycles. The summed E-state index contributed by atoms with van der Waals surface area (Å²) in [5.41, 5.74) is 0.715. The van der Waals surface area contributed by atoms with E-state index in [0.29, 0.717) is 10.2 Å². The van der Waals surface area contributed by atoms with Gasteiger partial charge in [0.15, 0.2) is 17.3 Å². The third kappa shape index (κ3) is 3.25. The molecule has 8 heteroatoms. The molecule has 142 valence electrons. The predicted octanol–water partition coefficient (Wildman–Crippen LogP) is 4.53. The number of thiophene rings is 2. The molecule has 1 aromatic carbocycles. The summed E-state index contributed by atoms with van der Waals surface area (Å²) in [6.07, 6.45) is 1.36. The minimum absolute atomic E-state index is 0.0611. The summed E-state index contributed by atoms with van der Waals surface area (Å²) >= 11 is 3.00. The molecule has 0 radical (unpaired) electrons. The summed E-state index contributed by atoms with van der Waals surface area (Å²) < 4.78 is 20.0. The highest BCUT2D eigenvalue weighted by molar-refractivity contribution is 7.19. The van der Waals surface area contributed by atoms with Crippen molar-refractivity contribution in [1.29, 1.82) is 0 Å². The van der Waals surface area contributed by atoms with Gasteiger partial charge in [-0.3, -0.25) is 14.2 Å². The third-order valence-electron chi connectivity index (χ3n) is 4.35. The summed E-state index contributed by atoms with van der Waals surface area (Å²) in [7, 11) is 1.36. The lowest BCUT2D eigenvalue weighted by atomic mass is 10.1. The fourth-order valence-electron chi connectivity index (χ4n) is 2.93. The standard InChI is InChI=1S/C20H15FN2O3S2/c1-11-3-6-17(28-11)13-9-27-19-18(13)20(25)23(10-22-19)8-15(24)12-4-5-16(26-2)14(21)7-12/h3-7,9-10H,8H2,1-2H3. The lowest BCUT2D eigenvalue weighted by molar-refractivity contribution is 0.0970. The van der Waals surface area contributed by atoms with Crippen molar-refractivity contribution in [3.63, 3.8) is 0 Å². The number of hydrogen-bond acceptors (Lipinski definition) is 6. The van der Waals surface area contributed by atoms with Gasteiger partial charge in [-0.15, -0.1) is 22.7 Å². The zero-order valence-electron chi connectivity index (χ0n) is 15.1. The zero-order chi connectivity index (χ0) is 19.8. The summed E-state index contributed by atoms with van der Waals surface area (Å²) in [5.74, 6) is -0.943. The van der Waals surface area contributed by atoms with Crippen molar-refractivity contribution in [3.05, 3.63) is 68.7 Å². The molecule has 0 saturated heterocycles. The second kappa shape index (κ2) is 7.29. The van der Waals surface area contributed by atoms with Crippen molar-refractivity contribution in [2.24, 2.45) is 0 Å². The number of rotatable bonds is 5. The molecule has 0 aliphatic carbocycles. The minimum atomic E-state index is -0.623. The number of methoxy groups -OCH3 is 1. The first-order valence-electron chi connectivity index (χ1n) is 8.38. The maximum Gasteiger partial charge on any atom is 0.263 e. The molecule has 0 bridgehead atoms. The fourth-order valence-corrected chi connectivity index (χ4v) is 4.79. The number of carbonyl (C=O) groups excluding carboxylic acids is 1. The second-order valence-electron chi connectivity index (χ2n) is 6.19. The molecule has 4 aromatic rings. The molecule has 3 heterocycles. The number of aromatic nitrogens is 2. The van der Waals surface area contributed by atoms with Gasteiger partial charge in [0.2, 0.25) is 0 Å². The van der Waals surface area contributed by atoms with Crippen LogP contribution >= 0.6 is 22.7 Å². The Morgan fingerprint density at radius 3 is 2.79 bits per heavy atom. The molecule has 0 aliphatic heterocycles. The van der Waals surface area contributed by atoms with Crippen LogP contribution in [0.3, 0.4) is 0 Å². The fraction of sp³-hybridized carbons (Fsp3) is 0.150. The topological polar surface area (TPSA) is 61.2 Å². The first kappa shape index (κ1) is 18.5. The van der Waals surface area contributed by atoms with Gasteiger partial charge in [0.25, 0.3) is 5.56 Å². The van der Waals surface area contributed by atoms with Crippen LogP contribution in [0, 0.1) is 12.7 Å². The monoisotopic (exact) mass is 414 g/mol.